The predicted octanol–water partition coefficient (Wildman–Crippen LogP) is 3.36. The molecule has 0 spiro atoms. The van der Waals surface area contributed by atoms with Crippen LogP contribution >= 0.6 is 0 Å². The molecule has 0 saturated heterocycles. The lowest BCUT2D eigenvalue weighted by Gasteiger charge is -2.15. The van der Waals surface area contributed by atoms with E-state index >= 15 is 0 Å². The third-order valence-corrected chi connectivity index (χ3v) is 4.12. The maximum atomic E-state index is 13.7. The van der Waals surface area contributed by atoms with Crippen LogP contribution in [0.15, 0.2) is 18.2 Å². The number of methoxy groups -OCH3 is 1. The third kappa shape index (κ3) is 3.40. The fourth-order valence-corrected chi connectivity index (χ4v) is 2.74. The van der Waals surface area contributed by atoms with E-state index in [1.807, 2.05) is 0 Å². The molecule has 2 aromatic rings. The summed E-state index contributed by atoms with van der Waals surface area (Å²) < 4.78 is 38.3. The van der Waals surface area contributed by atoms with Crippen molar-refractivity contribution >= 4 is 11.8 Å². The Morgan fingerprint density at radius 3 is 2.40 bits per heavy atom. The van der Waals surface area contributed by atoms with Gasteiger partial charge >= 0.3 is 5.97 Å². The predicted molar refractivity (Wildman–Crippen MR) is 87.0 cm³/mol. The standard InChI is InChI=1S/C18H19F2NO4/c1-9-15(10(2)21(4)16(9)18(23)24-5)17(22)11(3)25-14-7-6-12(19)8-13(14)20/h6-8,11H,1-5H3. The highest BCUT2D eigenvalue weighted by molar-refractivity contribution is 6.04. The average molecular weight is 351 g/mol. The van der Waals surface area contributed by atoms with Crippen LogP contribution in [0.1, 0.15) is 39.0 Å². The van der Waals surface area contributed by atoms with E-state index in [0.717, 1.165) is 12.1 Å². The first-order valence-electron chi connectivity index (χ1n) is 7.59. The lowest BCUT2D eigenvalue weighted by atomic mass is 10.0. The van der Waals surface area contributed by atoms with Gasteiger partial charge in [-0.25, -0.2) is 13.6 Å². The van der Waals surface area contributed by atoms with Crippen molar-refractivity contribution in [2.24, 2.45) is 7.05 Å². The number of Topliss-reactive ketones (excluding diaryl/α,β-unsaturated/α-hetero) is 1. The zero-order chi connectivity index (χ0) is 18.9. The Labute approximate surface area is 144 Å². The van der Waals surface area contributed by atoms with E-state index in [0.29, 0.717) is 22.9 Å². The first-order valence-corrected chi connectivity index (χ1v) is 7.59. The van der Waals surface area contributed by atoms with Crippen molar-refractivity contribution in [1.82, 2.24) is 4.57 Å². The topological polar surface area (TPSA) is 57.5 Å². The molecular formula is C18H19F2NO4. The van der Waals surface area contributed by atoms with Gasteiger partial charge in [0.1, 0.15) is 11.5 Å². The highest BCUT2D eigenvalue weighted by Crippen LogP contribution is 2.25. The Morgan fingerprint density at radius 1 is 1.20 bits per heavy atom. The second-order valence-corrected chi connectivity index (χ2v) is 5.68. The summed E-state index contributed by atoms with van der Waals surface area (Å²) in [5.74, 6) is -2.82. The molecule has 1 heterocycles. The second kappa shape index (κ2) is 7.04. The van der Waals surface area contributed by atoms with Gasteiger partial charge in [-0.05, 0) is 38.5 Å². The largest absolute Gasteiger partial charge is 0.479 e. The van der Waals surface area contributed by atoms with Crippen LogP contribution in [-0.2, 0) is 11.8 Å². The summed E-state index contributed by atoms with van der Waals surface area (Å²) in [7, 11) is 2.91. The van der Waals surface area contributed by atoms with Crippen molar-refractivity contribution in [1.29, 1.82) is 0 Å². The van der Waals surface area contributed by atoms with Crippen molar-refractivity contribution in [3.8, 4) is 5.75 Å². The number of halogens is 2. The summed E-state index contributed by atoms with van der Waals surface area (Å²) in [4.78, 5) is 24.7. The van der Waals surface area contributed by atoms with Gasteiger partial charge in [-0.3, -0.25) is 4.79 Å². The fraction of sp³-hybridized carbons (Fsp3) is 0.333. The summed E-state index contributed by atoms with van der Waals surface area (Å²) in [6.45, 7) is 4.80. The molecule has 0 radical (unpaired) electrons. The van der Waals surface area contributed by atoms with Crippen LogP contribution < -0.4 is 4.74 Å². The van der Waals surface area contributed by atoms with Crippen molar-refractivity contribution < 1.29 is 27.8 Å². The molecular weight excluding hydrogens is 332 g/mol. The van der Waals surface area contributed by atoms with E-state index in [9.17, 15) is 18.4 Å². The number of ketones is 1. The molecule has 1 unspecified atom stereocenters. The Balaban J connectivity index is 2.35. The maximum Gasteiger partial charge on any atom is 0.354 e. The molecule has 25 heavy (non-hydrogen) atoms. The number of benzene rings is 1. The summed E-state index contributed by atoms with van der Waals surface area (Å²) in [5, 5.41) is 0. The number of rotatable bonds is 5. The molecule has 0 aliphatic carbocycles. The third-order valence-electron chi connectivity index (χ3n) is 4.12. The zero-order valence-electron chi connectivity index (χ0n) is 14.6. The van der Waals surface area contributed by atoms with Gasteiger partial charge in [0, 0.05) is 24.4 Å². The van der Waals surface area contributed by atoms with Crippen LogP contribution in [0.25, 0.3) is 0 Å². The molecule has 0 aliphatic heterocycles. The number of hydrogen-bond acceptors (Lipinski definition) is 4. The monoisotopic (exact) mass is 351 g/mol. The van der Waals surface area contributed by atoms with E-state index in [1.165, 1.54) is 14.0 Å². The summed E-state index contributed by atoms with van der Waals surface area (Å²) in [5.41, 5.74) is 1.62. The molecule has 0 fully saturated rings. The first-order chi connectivity index (χ1) is 11.7. The molecule has 0 N–H and O–H groups in total. The van der Waals surface area contributed by atoms with Crippen molar-refractivity contribution in [3.63, 3.8) is 0 Å². The van der Waals surface area contributed by atoms with E-state index in [2.05, 4.69) is 0 Å². The minimum Gasteiger partial charge on any atom is -0.479 e. The number of hydrogen-bond donors (Lipinski definition) is 0. The number of carbonyl (C=O) groups excluding carboxylic acids is 2. The molecule has 0 amide bonds. The number of aromatic nitrogens is 1. The number of carbonyl (C=O) groups is 2. The van der Waals surface area contributed by atoms with Gasteiger partial charge in [0.25, 0.3) is 0 Å². The van der Waals surface area contributed by atoms with Crippen molar-refractivity contribution in [2.45, 2.75) is 26.9 Å². The average Bonchev–Trinajstić information content (AvgIpc) is 2.78. The highest BCUT2D eigenvalue weighted by atomic mass is 19.1. The second-order valence-electron chi connectivity index (χ2n) is 5.68. The molecule has 0 bridgehead atoms. The van der Waals surface area contributed by atoms with E-state index in [1.54, 1.807) is 25.5 Å². The van der Waals surface area contributed by atoms with Crippen LogP contribution in [0, 0.1) is 25.5 Å². The van der Waals surface area contributed by atoms with Crippen LogP contribution in [0.4, 0.5) is 8.78 Å². The normalized spacial score (nSPS) is 12.0. The molecule has 134 valence electrons. The van der Waals surface area contributed by atoms with Crippen LogP contribution in [0.2, 0.25) is 0 Å². The van der Waals surface area contributed by atoms with Crippen LogP contribution in [-0.4, -0.2) is 29.5 Å². The van der Waals surface area contributed by atoms with Gasteiger partial charge < -0.3 is 14.0 Å². The molecule has 0 aliphatic rings. The van der Waals surface area contributed by atoms with Crippen molar-refractivity contribution in [2.75, 3.05) is 7.11 Å². The highest BCUT2D eigenvalue weighted by Gasteiger charge is 2.29. The molecule has 7 heteroatoms. The lowest BCUT2D eigenvalue weighted by molar-refractivity contribution is 0.0588. The van der Waals surface area contributed by atoms with Gasteiger partial charge in [-0.15, -0.1) is 0 Å². The van der Waals surface area contributed by atoms with Gasteiger partial charge in [0.15, 0.2) is 17.7 Å². The Hall–Kier alpha value is -2.70. The molecule has 2 rings (SSSR count). The fourth-order valence-electron chi connectivity index (χ4n) is 2.74. The minimum atomic E-state index is -1.02. The zero-order valence-corrected chi connectivity index (χ0v) is 14.6. The molecule has 0 saturated carbocycles. The Kier molecular flexibility index (Phi) is 5.25. The summed E-state index contributed by atoms with van der Waals surface area (Å²) >= 11 is 0. The van der Waals surface area contributed by atoms with Gasteiger partial charge in [0.2, 0.25) is 5.78 Å². The van der Waals surface area contributed by atoms with Gasteiger partial charge in [0.05, 0.1) is 7.11 Å². The minimum absolute atomic E-state index is 0.221. The quantitative estimate of drug-likeness (QED) is 0.612. The maximum absolute atomic E-state index is 13.7. The van der Waals surface area contributed by atoms with Gasteiger partial charge in [-0.2, -0.15) is 0 Å². The van der Waals surface area contributed by atoms with E-state index < -0.39 is 29.5 Å². The molecule has 1 aromatic carbocycles. The molecule has 1 aromatic heterocycles. The Bertz CT molecular complexity index is 842. The van der Waals surface area contributed by atoms with Crippen LogP contribution in [0.5, 0.6) is 5.75 Å². The number of nitrogens with zero attached hydrogens (tertiary/aromatic N) is 1. The molecule has 1 atom stereocenters. The van der Waals surface area contributed by atoms with Gasteiger partial charge in [-0.1, -0.05) is 0 Å². The van der Waals surface area contributed by atoms with Crippen LogP contribution in [0.3, 0.4) is 0 Å². The Morgan fingerprint density at radius 2 is 1.84 bits per heavy atom. The number of ether oxygens (including phenoxy) is 2. The lowest BCUT2D eigenvalue weighted by Crippen LogP contribution is -2.25. The van der Waals surface area contributed by atoms with E-state index in [-0.39, 0.29) is 11.4 Å². The van der Waals surface area contributed by atoms with Crippen molar-refractivity contribution in [3.05, 3.63) is 52.3 Å². The van der Waals surface area contributed by atoms with E-state index in [4.69, 9.17) is 9.47 Å². The summed E-state index contributed by atoms with van der Waals surface area (Å²) in [6.07, 6.45) is -1.02. The summed E-state index contributed by atoms with van der Waals surface area (Å²) in [6, 6.07) is 2.85. The number of esters is 1. The smallest absolute Gasteiger partial charge is 0.354 e. The SMILES string of the molecule is COC(=O)c1c(C)c(C(=O)C(C)Oc2ccc(F)cc2F)c(C)n1C. The molecule has 5 nitrogen and oxygen atoms in total. The first kappa shape index (κ1) is 18.6.